The Balaban J connectivity index is 1.79. The minimum Gasteiger partial charge on any atom is -0.253 e. The van der Waals surface area contributed by atoms with Crippen LogP contribution in [0.25, 0.3) is 45.1 Å². The summed E-state index contributed by atoms with van der Waals surface area (Å²) in [6.45, 7) is 0. The number of hydrogen-bond donors (Lipinski definition) is 0. The van der Waals surface area contributed by atoms with Gasteiger partial charge in [-0.3, -0.25) is 4.98 Å². The molecule has 29 heavy (non-hydrogen) atoms. The molecule has 4 nitrogen and oxygen atoms in total. The van der Waals surface area contributed by atoms with Crippen molar-refractivity contribution in [2.24, 2.45) is 0 Å². The molecule has 0 radical (unpaired) electrons. The first-order valence-corrected chi connectivity index (χ1v) is 9.58. The summed E-state index contributed by atoms with van der Waals surface area (Å²) in [5.41, 5.74) is 2.53. The number of benzene rings is 3. The lowest BCUT2D eigenvalue weighted by Crippen LogP contribution is -2.01. The van der Waals surface area contributed by atoms with Gasteiger partial charge in [-0.1, -0.05) is 72.3 Å². The number of aromatic nitrogens is 4. The lowest BCUT2D eigenvalue weighted by atomic mass is 10.0. The highest BCUT2D eigenvalue weighted by molar-refractivity contribution is 6.36. The van der Waals surface area contributed by atoms with Gasteiger partial charge >= 0.3 is 0 Å². The average Bonchev–Trinajstić information content (AvgIpc) is 2.80. The van der Waals surface area contributed by atoms with E-state index in [0.29, 0.717) is 28.2 Å². The molecule has 0 unspecified atom stereocenters. The van der Waals surface area contributed by atoms with Gasteiger partial charge in [-0.05, 0) is 29.7 Å². The molecule has 2 heterocycles. The van der Waals surface area contributed by atoms with Crippen LogP contribution in [0.4, 0.5) is 0 Å². The second kappa shape index (κ2) is 7.41. The summed E-state index contributed by atoms with van der Waals surface area (Å²) in [7, 11) is 0. The number of fused-ring (bicyclic) bond motifs is 1. The molecule has 0 aliphatic carbocycles. The molecule has 138 valence electrons. The van der Waals surface area contributed by atoms with E-state index in [1.54, 1.807) is 6.20 Å². The molecule has 0 aliphatic rings. The summed E-state index contributed by atoms with van der Waals surface area (Å²) in [6.07, 6.45) is 1.73. The fourth-order valence-electron chi connectivity index (χ4n) is 3.28. The fourth-order valence-corrected chi connectivity index (χ4v) is 3.51. The minimum atomic E-state index is 0.536. The third-order valence-corrected chi connectivity index (χ3v) is 5.00. The van der Waals surface area contributed by atoms with Crippen LogP contribution in [0.15, 0.2) is 91.1 Å². The lowest BCUT2D eigenvalue weighted by Gasteiger charge is -2.10. The summed E-state index contributed by atoms with van der Waals surface area (Å²) in [4.78, 5) is 18.6. The summed E-state index contributed by atoms with van der Waals surface area (Å²) in [5, 5.41) is 2.66. The van der Waals surface area contributed by atoms with E-state index in [1.807, 2.05) is 84.9 Å². The molecule has 0 bridgehead atoms. The first kappa shape index (κ1) is 17.5. The maximum Gasteiger partial charge on any atom is 0.182 e. The molecule has 0 amide bonds. The SMILES string of the molecule is Clc1ccc(-c2nc(-c3ccccc3)nc(-c3ccccn3)n2)c2ccccc12. The molecule has 5 aromatic rings. The van der Waals surface area contributed by atoms with Crippen LogP contribution in [-0.4, -0.2) is 19.9 Å². The smallest absolute Gasteiger partial charge is 0.182 e. The Kier molecular flexibility index (Phi) is 4.47. The molecule has 0 spiro atoms. The predicted octanol–water partition coefficient (Wildman–Crippen LogP) is 6.07. The van der Waals surface area contributed by atoms with Crippen LogP contribution in [0.5, 0.6) is 0 Å². The van der Waals surface area contributed by atoms with Crippen molar-refractivity contribution in [1.29, 1.82) is 0 Å². The van der Waals surface area contributed by atoms with E-state index < -0.39 is 0 Å². The zero-order valence-corrected chi connectivity index (χ0v) is 16.1. The minimum absolute atomic E-state index is 0.536. The van der Waals surface area contributed by atoms with Crippen molar-refractivity contribution in [3.8, 4) is 34.3 Å². The molecule has 0 fully saturated rings. The van der Waals surface area contributed by atoms with E-state index in [9.17, 15) is 0 Å². The highest BCUT2D eigenvalue weighted by atomic mass is 35.5. The van der Waals surface area contributed by atoms with Crippen LogP contribution in [0.3, 0.4) is 0 Å². The van der Waals surface area contributed by atoms with Gasteiger partial charge in [-0.15, -0.1) is 0 Å². The first-order chi connectivity index (χ1) is 14.3. The molecule has 0 aliphatic heterocycles. The van der Waals surface area contributed by atoms with Crippen LogP contribution in [0.1, 0.15) is 0 Å². The highest BCUT2D eigenvalue weighted by Crippen LogP contribution is 2.32. The summed E-state index contributed by atoms with van der Waals surface area (Å²) >= 11 is 6.41. The van der Waals surface area contributed by atoms with Gasteiger partial charge in [-0.25, -0.2) is 15.0 Å². The molecule has 2 aromatic heterocycles. The topological polar surface area (TPSA) is 51.6 Å². The van der Waals surface area contributed by atoms with Gasteiger partial charge in [0.1, 0.15) is 5.69 Å². The van der Waals surface area contributed by atoms with Gasteiger partial charge in [0.05, 0.1) is 0 Å². The quantitative estimate of drug-likeness (QED) is 0.372. The largest absolute Gasteiger partial charge is 0.253 e. The van der Waals surface area contributed by atoms with Gasteiger partial charge in [0.2, 0.25) is 0 Å². The average molecular weight is 395 g/mol. The highest BCUT2D eigenvalue weighted by Gasteiger charge is 2.15. The van der Waals surface area contributed by atoms with Crippen molar-refractivity contribution in [1.82, 2.24) is 19.9 Å². The zero-order valence-electron chi connectivity index (χ0n) is 15.3. The lowest BCUT2D eigenvalue weighted by molar-refractivity contribution is 1.06. The monoisotopic (exact) mass is 394 g/mol. The van der Waals surface area contributed by atoms with Crippen LogP contribution in [0, 0.1) is 0 Å². The molecule has 5 rings (SSSR count). The van der Waals surface area contributed by atoms with Crippen LogP contribution in [-0.2, 0) is 0 Å². The molecule has 0 atom stereocenters. The van der Waals surface area contributed by atoms with Crippen molar-refractivity contribution in [3.63, 3.8) is 0 Å². The maximum absolute atomic E-state index is 6.41. The summed E-state index contributed by atoms with van der Waals surface area (Å²) in [6, 6.07) is 27.4. The van der Waals surface area contributed by atoms with Crippen molar-refractivity contribution >= 4 is 22.4 Å². The number of nitrogens with zero attached hydrogens (tertiary/aromatic N) is 4. The molecule has 0 N–H and O–H groups in total. The van der Waals surface area contributed by atoms with E-state index >= 15 is 0 Å². The zero-order chi connectivity index (χ0) is 19.6. The Bertz CT molecular complexity index is 1250. The third-order valence-electron chi connectivity index (χ3n) is 4.67. The van der Waals surface area contributed by atoms with Crippen LogP contribution >= 0.6 is 11.6 Å². The Labute approximate surface area is 172 Å². The van der Waals surface area contributed by atoms with Gasteiger partial charge in [0.15, 0.2) is 17.5 Å². The van der Waals surface area contributed by atoms with E-state index in [4.69, 9.17) is 21.6 Å². The molecule has 0 saturated carbocycles. The second-order valence-corrected chi connectivity index (χ2v) is 6.93. The maximum atomic E-state index is 6.41. The van der Waals surface area contributed by atoms with E-state index in [-0.39, 0.29) is 0 Å². The summed E-state index contributed by atoms with van der Waals surface area (Å²) in [5.74, 6) is 1.73. The number of hydrogen-bond acceptors (Lipinski definition) is 4. The Morgan fingerprint density at radius 3 is 2.03 bits per heavy atom. The molecule has 3 aromatic carbocycles. The predicted molar refractivity (Wildman–Crippen MR) is 116 cm³/mol. The molecular formula is C24H15ClN4. The Morgan fingerprint density at radius 1 is 0.552 bits per heavy atom. The van der Waals surface area contributed by atoms with Gasteiger partial charge < -0.3 is 0 Å². The van der Waals surface area contributed by atoms with Crippen molar-refractivity contribution in [3.05, 3.63) is 96.1 Å². The van der Waals surface area contributed by atoms with Crippen LogP contribution in [0.2, 0.25) is 5.02 Å². The number of rotatable bonds is 3. The molecular weight excluding hydrogens is 380 g/mol. The number of halogens is 1. The second-order valence-electron chi connectivity index (χ2n) is 6.53. The van der Waals surface area contributed by atoms with Gasteiger partial charge in [0.25, 0.3) is 0 Å². The molecule has 0 saturated heterocycles. The number of pyridine rings is 1. The van der Waals surface area contributed by atoms with E-state index in [1.165, 1.54) is 0 Å². The van der Waals surface area contributed by atoms with Crippen LogP contribution < -0.4 is 0 Å². The summed E-state index contributed by atoms with van der Waals surface area (Å²) < 4.78 is 0. The Morgan fingerprint density at radius 2 is 1.24 bits per heavy atom. The standard InChI is InChI=1S/C24H15ClN4/c25-20-14-13-19(17-10-4-5-11-18(17)20)23-27-22(16-8-2-1-3-9-16)28-24(29-23)21-12-6-7-15-26-21/h1-15H. The van der Waals surface area contributed by atoms with Gasteiger partial charge in [0, 0.05) is 27.7 Å². The first-order valence-electron chi connectivity index (χ1n) is 9.20. The van der Waals surface area contributed by atoms with Crippen molar-refractivity contribution < 1.29 is 0 Å². The Hall–Kier alpha value is -3.63. The molecule has 5 heteroatoms. The van der Waals surface area contributed by atoms with E-state index in [0.717, 1.165) is 21.9 Å². The fraction of sp³-hybridized carbons (Fsp3) is 0. The van der Waals surface area contributed by atoms with Gasteiger partial charge in [-0.2, -0.15) is 0 Å². The van der Waals surface area contributed by atoms with Crippen molar-refractivity contribution in [2.75, 3.05) is 0 Å². The third kappa shape index (κ3) is 3.35. The normalized spacial score (nSPS) is 10.9. The van der Waals surface area contributed by atoms with E-state index in [2.05, 4.69) is 9.97 Å². The van der Waals surface area contributed by atoms with Crippen molar-refractivity contribution in [2.45, 2.75) is 0 Å².